The maximum Gasteiger partial charge on any atom is 0.373 e. The van der Waals surface area contributed by atoms with Gasteiger partial charge < -0.3 is 14.5 Å². The molecule has 0 aliphatic rings. The second-order valence-electron chi connectivity index (χ2n) is 4.38. The zero-order chi connectivity index (χ0) is 15.5. The highest BCUT2D eigenvalue weighted by atomic mass is 32.2. The number of esters is 1. The molecule has 1 heterocycles. The van der Waals surface area contributed by atoms with E-state index in [1.807, 2.05) is 0 Å². The summed E-state index contributed by atoms with van der Waals surface area (Å²) in [6.07, 6.45) is 1.15. The number of anilines is 1. The fraction of sp³-hybridized carbons (Fsp3) is 0.214. The van der Waals surface area contributed by atoms with E-state index in [-0.39, 0.29) is 17.2 Å². The number of furan rings is 1. The van der Waals surface area contributed by atoms with E-state index in [4.69, 9.17) is 4.42 Å². The summed E-state index contributed by atoms with van der Waals surface area (Å²) in [7, 11) is -2.05. The number of ether oxygens (including phenoxy) is 1. The number of hydrogen-bond acceptors (Lipinski definition) is 6. The monoisotopic (exact) mass is 309 g/mol. The Balaban J connectivity index is 2.14. The van der Waals surface area contributed by atoms with Crippen LogP contribution in [0, 0.1) is 0 Å². The summed E-state index contributed by atoms with van der Waals surface area (Å²) in [5, 5.41) is 2.98. The fourth-order valence-corrected chi connectivity index (χ4v) is 2.67. The van der Waals surface area contributed by atoms with Crippen LogP contribution in [0.15, 0.2) is 45.7 Å². The predicted octanol–water partition coefficient (Wildman–Crippen LogP) is 2.08. The quantitative estimate of drug-likeness (QED) is 0.851. The lowest BCUT2D eigenvalue weighted by molar-refractivity contribution is 0.0563. The van der Waals surface area contributed by atoms with Gasteiger partial charge in [-0.2, -0.15) is 0 Å². The Morgan fingerprint density at radius 1 is 1.24 bits per heavy atom. The normalized spacial score (nSPS) is 11.1. The Hall–Kier alpha value is -2.28. The number of benzene rings is 1. The molecule has 0 saturated heterocycles. The van der Waals surface area contributed by atoms with Crippen LogP contribution in [0.3, 0.4) is 0 Å². The van der Waals surface area contributed by atoms with Crippen molar-refractivity contribution in [3.8, 4) is 0 Å². The van der Waals surface area contributed by atoms with Gasteiger partial charge in [0.2, 0.25) is 5.76 Å². The lowest BCUT2D eigenvalue weighted by Crippen LogP contribution is -2.05. The SMILES string of the molecule is COC(=O)c1ccc(CNc2ccccc2S(C)(=O)=O)o1. The molecular formula is C14H15NO5S. The van der Waals surface area contributed by atoms with Crippen molar-refractivity contribution in [1.29, 1.82) is 0 Å². The molecule has 6 nitrogen and oxygen atoms in total. The van der Waals surface area contributed by atoms with Gasteiger partial charge in [0.25, 0.3) is 0 Å². The highest BCUT2D eigenvalue weighted by Crippen LogP contribution is 2.21. The van der Waals surface area contributed by atoms with Crippen LogP contribution in [-0.2, 0) is 21.1 Å². The molecule has 21 heavy (non-hydrogen) atoms. The molecule has 2 aromatic rings. The summed E-state index contributed by atoms with van der Waals surface area (Å²) >= 11 is 0. The van der Waals surface area contributed by atoms with Crippen molar-refractivity contribution in [2.45, 2.75) is 11.4 Å². The van der Waals surface area contributed by atoms with Gasteiger partial charge in [0.1, 0.15) is 5.76 Å². The standard InChI is InChI=1S/C14H15NO5S/c1-19-14(16)12-8-7-10(20-12)9-15-11-5-3-4-6-13(11)21(2,17)18/h3-8,15H,9H2,1-2H3. The number of nitrogens with one attached hydrogen (secondary N) is 1. The Morgan fingerprint density at radius 3 is 2.62 bits per heavy atom. The minimum Gasteiger partial charge on any atom is -0.463 e. The lowest BCUT2D eigenvalue weighted by Gasteiger charge is -2.09. The van der Waals surface area contributed by atoms with E-state index in [1.54, 1.807) is 24.3 Å². The van der Waals surface area contributed by atoms with E-state index in [0.29, 0.717) is 11.4 Å². The van der Waals surface area contributed by atoms with Crippen LogP contribution in [0.25, 0.3) is 0 Å². The average molecular weight is 309 g/mol. The first-order valence-electron chi connectivity index (χ1n) is 6.12. The Bertz CT molecular complexity index is 748. The van der Waals surface area contributed by atoms with Gasteiger partial charge >= 0.3 is 5.97 Å². The second kappa shape index (κ2) is 6.01. The van der Waals surface area contributed by atoms with E-state index in [0.717, 1.165) is 6.26 Å². The highest BCUT2D eigenvalue weighted by molar-refractivity contribution is 7.90. The van der Waals surface area contributed by atoms with Crippen LogP contribution < -0.4 is 5.32 Å². The van der Waals surface area contributed by atoms with Gasteiger partial charge in [-0.1, -0.05) is 12.1 Å². The maximum atomic E-state index is 11.7. The van der Waals surface area contributed by atoms with Crippen LogP contribution in [0.5, 0.6) is 0 Å². The van der Waals surface area contributed by atoms with E-state index >= 15 is 0 Å². The van der Waals surface area contributed by atoms with E-state index < -0.39 is 15.8 Å². The minimum absolute atomic E-state index is 0.102. The summed E-state index contributed by atoms with van der Waals surface area (Å²) in [5.74, 6) is 0.0437. The summed E-state index contributed by atoms with van der Waals surface area (Å²) in [4.78, 5) is 11.5. The molecule has 0 amide bonds. The smallest absolute Gasteiger partial charge is 0.373 e. The molecular weight excluding hydrogens is 294 g/mol. The molecule has 0 spiro atoms. The van der Waals surface area contributed by atoms with Crippen molar-refractivity contribution in [3.05, 3.63) is 47.9 Å². The first-order valence-corrected chi connectivity index (χ1v) is 8.01. The largest absolute Gasteiger partial charge is 0.463 e. The molecule has 1 N–H and O–H groups in total. The molecule has 0 atom stereocenters. The molecule has 0 unspecified atom stereocenters. The third kappa shape index (κ3) is 3.63. The van der Waals surface area contributed by atoms with Gasteiger partial charge in [-0.05, 0) is 24.3 Å². The van der Waals surface area contributed by atoms with Gasteiger partial charge in [0, 0.05) is 6.26 Å². The van der Waals surface area contributed by atoms with Crippen molar-refractivity contribution >= 4 is 21.5 Å². The Labute approximate surface area is 122 Å². The Kier molecular flexibility index (Phi) is 4.32. The molecule has 112 valence electrons. The summed E-state index contributed by atoms with van der Waals surface area (Å²) in [6.45, 7) is 0.253. The van der Waals surface area contributed by atoms with Crippen LogP contribution in [0.4, 0.5) is 5.69 Å². The molecule has 1 aromatic carbocycles. The van der Waals surface area contributed by atoms with Gasteiger partial charge in [-0.3, -0.25) is 0 Å². The van der Waals surface area contributed by atoms with Gasteiger partial charge in [0.05, 0.1) is 24.2 Å². The van der Waals surface area contributed by atoms with Crippen molar-refractivity contribution < 1.29 is 22.4 Å². The summed E-state index contributed by atoms with van der Waals surface area (Å²) in [6, 6.07) is 9.72. The average Bonchev–Trinajstić information content (AvgIpc) is 2.92. The van der Waals surface area contributed by atoms with Crippen molar-refractivity contribution in [3.63, 3.8) is 0 Å². The van der Waals surface area contributed by atoms with Crippen molar-refractivity contribution in [2.75, 3.05) is 18.7 Å². The van der Waals surface area contributed by atoms with E-state index in [2.05, 4.69) is 10.1 Å². The lowest BCUT2D eigenvalue weighted by atomic mass is 10.3. The molecule has 0 saturated carbocycles. The number of carbonyl (C=O) groups is 1. The van der Waals surface area contributed by atoms with Crippen LogP contribution in [0.1, 0.15) is 16.3 Å². The Morgan fingerprint density at radius 2 is 1.95 bits per heavy atom. The number of sulfone groups is 1. The van der Waals surface area contributed by atoms with Crippen LogP contribution >= 0.6 is 0 Å². The number of methoxy groups -OCH3 is 1. The third-order valence-corrected chi connectivity index (χ3v) is 3.94. The maximum absolute atomic E-state index is 11.7. The first kappa shape index (κ1) is 15.1. The van der Waals surface area contributed by atoms with Crippen molar-refractivity contribution in [2.24, 2.45) is 0 Å². The van der Waals surface area contributed by atoms with Crippen molar-refractivity contribution in [1.82, 2.24) is 0 Å². The van der Waals surface area contributed by atoms with Gasteiger partial charge in [-0.15, -0.1) is 0 Å². The number of para-hydroxylation sites is 1. The van der Waals surface area contributed by atoms with E-state index in [9.17, 15) is 13.2 Å². The number of carbonyl (C=O) groups excluding carboxylic acids is 1. The first-order chi connectivity index (χ1) is 9.91. The second-order valence-corrected chi connectivity index (χ2v) is 6.36. The van der Waals surface area contributed by atoms with Crippen LogP contribution in [0.2, 0.25) is 0 Å². The van der Waals surface area contributed by atoms with Crippen LogP contribution in [-0.4, -0.2) is 27.8 Å². The molecule has 0 radical (unpaired) electrons. The predicted molar refractivity (Wildman–Crippen MR) is 76.9 cm³/mol. The molecule has 2 rings (SSSR count). The molecule has 0 aliphatic heterocycles. The zero-order valence-corrected chi connectivity index (χ0v) is 12.4. The summed E-state index contributed by atoms with van der Waals surface area (Å²) in [5.41, 5.74) is 0.482. The van der Waals surface area contributed by atoms with Gasteiger partial charge in [-0.25, -0.2) is 13.2 Å². The van der Waals surface area contributed by atoms with Gasteiger partial charge in [0.15, 0.2) is 9.84 Å². The zero-order valence-electron chi connectivity index (χ0n) is 11.6. The minimum atomic E-state index is -3.32. The molecule has 7 heteroatoms. The fourth-order valence-electron chi connectivity index (χ4n) is 1.80. The summed E-state index contributed by atoms with van der Waals surface area (Å²) < 4.78 is 33.2. The topological polar surface area (TPSA) is 85.6 Å². The number of hydrogen-bond donors (Lipinski definition) is 1. The van der Waals surface area contributed by atoms with E-state index in [1.165, 1.54) is 19.2 Å². The number of rotatable bonds is 5. The molecule has 0 bridgehead atoms. The molecule has 0 fully saturated rings. The highest BCUT2D eigenvalue weighted by Gasteiger charge is 2.14. The molecule has 1 aromatic heterocycles. The third-order valence-electron chi connectivity index (χ3n) is 2.79. The molecule has 0 aliphatic carbocycles.